The Morgan fingerprint density at radius 1 is 0.950 bits per heavy atom. The van der Waals surface area contributed by atoms with Crippen LogP contribution < -0.4 is 10.2 Å². The van der Waals surface area contributed by atoms with E-state index in [9.17, 15) is 9.59 Å². The Morgan fingerprint density at radius 3 is 2.17 bits per heavy atom. The van der Waals surface area contributed by atoms with Crippen LogP contribution in [0, 0.1) is 5.92 Å². The van der Waals surface area contributed by atoms with Gasteiger partial charge >= 0.3 is 6.09 Å². The monoisotopic (exact) mass is 561 g/mol. The predicted octanol–water partition coefficient (Wildman–Crippen LogP) is 6.98. The van der Waals surface area contributed by atoms with E-state index < -0.39 is 5.60 Å². The number of carbonyl (C=O) groups excluding carboxylic acids is 2. The fourth-order valence-corrected chi connectivity index (χ4v) is 5.20. The van der Waals surface area contributed by atoms with Gasteiger partial charge in [0.05, 0.1) is 0 Å². The van der Waals surface area contributed by atoms with Crippen molar-refractivity contribution in [3.8, 4) is 0 Å². The molecule has 1 saturated heterocycles. The Labute approximate surface area is 243 Å². The highest BCUT2D eigenvalue weighted by molar-refractivity contribution is 6.30. The lowest BCUT2D eigenvalue weighted by Crippen LogP contribution is -2.35. The average molecular weight is 562 g/mol. The summed E-state index contributed by atoms with van der Waals surface area (Å²) in [6.45, 7) is 10.7. The van der Waals surface area contributed by atoms with E-state index in [4.69, 9.17) is 16.3 Å². The van der Waals surface area contributed by atoms with E-state index in [0.717, 1.165) is 43.7 Å². The van der Waals surface area contributed by atoms with Crippen LogP contribution in [0.3, 0.4) is 0 Å². The molecule has 0 unspecified atom stereocenters. The molecule has 0 spiro atoms. The van der Waals surface area contributed by atoms with Gasteiger partial charge in [-0.15, -0.1) is 0 Å². The first-order valence-corrected chi connectivity index (χ1v) is 14.3. The Balaban J connectivity index is 1.45. The maximum Gasteiger partial charge on any atom is 0.410 e. The van der Waals surface area contributed by atoms with Crippen molar-refractivity contribution in [2.75, 3.05) is 18.0 Å². The summed E-state index contributed by atoms with van der Waals surface area (Å²) in [4.78, 5) is 28.0. The molecular formula is C33H40ClN3O3. The lowest BCUT2D eigenvalue weighted by Gasteiger charge is -2.26. The summed E-state index contributed by atoms with van der Waals surface area (Å²) in [5.74, 6) is 0.379. The average Bonchev–Trinajstić information content (AvgIpc) is 3.36. The summed E-state index contributed by atoms with van der Waals surface area (Å²) in [6, 6.07) is 25.0. The number of anilines is 1. The third-order valence-corrected chi connectivity index (χ3v) is 7.18. The van der Waals surface area contributed by atoms with Crippen molar-refractivity contribution in [3.63, 3.8) is 0 Å². The second kappa shape index (κ2) is 13.2. The summed E-state index contributed by atoms with van der Waals surface area (Å²) >= 11 is 6.20. The van der Waals surface area contributed by atoms with E-state index in [1.807, 2.05) is 49.9 Å². The summed E-state index contributed by atoms with van der Waals surface area (Å²) in [7, 11) is 0. The van der Waals surface area contributed by atoms with Crippen molar-refractivity contribution < 1.29 is 14.3 Å². The van der Waals surface area contributed by atoms with Gasteiger partial charge in [0.2, 0.25) is 5.91 Å². The number of hydrogen-bond acceptors (Lipinski definition) is 4. The van der Waals surface area contributed by atoms with Gasteiger partial charge in [0.15, 0.2) is 0 Å². The minimum Gasteiger partial charge on any atom is -0.444 e. The van der Waals surface area contributed by atoms with Crippen molar-refractivity contribution >= 4 is 29.3 Å². The van der Waals surface area contributed by atoms with Gasteiger partial charge in [-0.3, -0.25) is 4.79 Å². The third kappa shape index (κ3) is 9.02. The van der Waals surface area contributed by atoms with Crippen molar-refractivity contribution in [2.24, 2.45) is 5.92 Å². The van der Waals surface area contributed by atoms with E-state index in [-0.39, 0.29) is 12.0 Å². The van der Waals surface area contributed by atoms with Crippen LogP contribution >= 0.6 is 11.6 Å². The zero-order valence-corrected chi connectivity index (χ0v) is 24.7. The van der Waals surface area contributed by atoms with Crippen molar-refractivity contribution in [1.82, 2.24) is 10.2 Å². The molecule has 2 amide bonds. The number of likely N-dealkylation sites (tertiary alicyclic amines) is 1. The summed E-state index contributed by atoms with van der Waals surface area (Å²) in [6.07, 6.45) is 1.69. The minimum atomic E-state index is -0.480. The lowest BCUT2D eigenvalue weighted by molar-refractivity contribution is -0.119. The number of benzene rings is 3. The fourth-order valence-electron chi connectivity index (χ4n) is 5.08. The standard InChI is InChI=1S/C33H40ClN3O3/c1-24(38)35-20-26-8-6-10-28(19-26)23-37(31-13-11-30(34)12-14-31)22-27-9-5-7-25(17-27)18-29-15-16-36(21-29)32(39)40-33(2,3)4/h5-14,17,19,29H,15-16,18,20-23H2,1-4H3,(H,35,38)/t29-/m0/s1. The van der Waals surface area contributed by atoms with E-state index in [1.165, 1.54) is 23.6 Å². The molecule has 40 heavy (non-hydrogen) atoms. The number of ether oxygens (including phenoxy) is 1. The second-order valence-corrected chi connectivity index (χ2v) is 12.1. The number of nitrogens with one attached hydrogen (secondary N) is 1. The van der Waals surface area contributed by atoms with Gasteiger partial charge in [-0.25, -0.2) is 4.79 Å². The minimum absolute atomic E-state index is 0.0387. The van der Waals surface area contributed by atoms with E-state index in [0.29, 0.717) is 24.0 Å². The van der Waals surface area contributed by atoms with E-state index in [2.05, 4.69) is 58.7 Å². The molecular weight excluding hydrogens is 522 g/mol. The van der Waals surface area contributed by atoms with Crippen LogP contribution in [0.2, 0.25) is 5.02 Å². The largest absolute Gasteiger partial charge is 0.444 e. The van der Waals surface area contributed by atoms with Gasteiger partial charge < -0.3 is 19.9 Å². The maximum absolute atomic E-state index is 12.5. The molecule has 1 fully saturated rings. The molecule has 212 valence electrons. The molecule has 0 aliphatic carbocycles. The lowest BCUT2D eigenvalue weighted by atomic mass is 9.97. The molecule has 3 aromatic carbocycles. The molecule has 7 heteroatoms. The highest BCUT2D eigenvalue weighted by Crippen LogP contribution is 2.26. The van der Waals surface area contributed by atoms with Gasteiger partial charge in [-0.1, -0.05) is 60.1 Å². The highest BCUT2D eigenvalue weighted by Gasteiger charge is 2.29. The first-order valence-electron chi connectivity index (χ1n) is 13.9. The first-order chi connectivity index (χ1) is 19.0. The smallest absolute Gasteiger partial charge is 0.410 e. The molecule has 3 aromatic rings. The molecule has 0 radical (unpaired) electrons. The van der Waals surface area contributed by atoms with Crippen molar-refractivity contribution in [1.29, 1.82) is 0 Å². The first kappa shape index (κ1) is 29.5. The second-order valence-electron chi connectivity index (χ2n) is 11.7. The normalized spacial score (nSPS) is 15.1. The summed E-state index contributed by atoms with van der Waals surface area (Å²) < 4.78 is 5.57. The molecule has 1 aliphatic heterocycles. The molecule has 4 rings (SSSR count). The molecule has 6 nitrogen and oxygen atoms in total. The third-order valence-electron chi connectivity index (χ3n) is 6.92. The van der Waals surface area contributed by atoms with E-state index >= 15 is 0 Å². The van der Waals surface area contributed by atoms with Gasteiger partial charge in [-0.05, 0) is 86.1 Å². The van der Waals surface area contributed by atoms with Crippen LogP contribution in [-0.4, -0.2) is 35.6 Å². The number of nitrogens with zero attached hydrogens (tertiary/aromatic N) is 2. The van der Waals surface area contributed by atoms with Crippen LogP contribution in [0.15, 0.2) is 72.8 Å². The van der Waals surface area contributed by atoms with Gasteiger partial charge in [0, 0.05) is 50.4 Å². The van der Waals surface area contributed by atoms with Crippen molar-refractivity contribution in [3.05, 3.63) is 100 Å². The Morgan fingerprint density at radius 2 is 1.55 bits per heavy atom. The van der Waals surface area contributed by atoms with Gasteiger partial charge in [0.1, 0.15) is 5.60 Å². The fraction of sp³-hybridized carbons (Fsp3) is 0.394. The number of carbonyl (C=O) groups is 2. The van der Waals surface area contributed by atoms with Gasteiger partial charge in [0.25, 0.3) is 0 Å². The van der Waals surface area contributed by atoms with Crippen molar-refractivity contribution in [2.45, 2.75) is 65.8 Å². The molecule has 0 aromatic heterocycles. The van der Waals surface area contributed by atoms with Crippen LogP contribution in [0.5, 0.6) is 0 Å². The Hall–Kier alpha value is -3.51. The predicted molar refractivity (Wildman–Crippen MR) is 161 cm³/mol. The topological polar surface area (TPSA) is 61.9 Å². The molecule has 0 saturated carbocycles. The number of rotatable bonds is 9. The zero-order valence-electron chi connectivity index (χ0n) is 24.0. The van der Waals surface area contributed by atoms with Gasteiger partial charge in [-0.2, -0.15) is 0 Å². The van der Waals surface area contributed by atoms with Crippen LogP contribution in [0.4, 0.5) is 10.5 Å². The SMILES string of the molecule is CC(=O)NCc1cccc(CN(Cc2cccc(C[C@@H]3CCN(C(=O)OC(C)(C)C)C3)c2)c2ccc(Cl)cc2)c1. The maximum atomic E-state index is 12.5. The zero-order chi connectivity index (χ0) is 28.7. The molecule has 0 bridgehead atoms. The Bertz CT molecular complexity index is 1300. The number of hydrogen-bond donors (Lipinski definition) is 1. The highest BCUT2D eigenvalue weighted by atomic mass is 35.5. The molecule has 1 aliphatic rings. The molecule has 1 atom stereocenters. The summed E-state index contributed by atoms with van der Waals surface area (Å²) in [5, 5.41) is 3.59. The number of amides is 2. The molecule has 1 N–H and O–H groups in total. The van der Waals surface area contributed by atoms with Crippen LogP contribution in [-0.2, 0) is 35.6 Å². The van der Waals surface area contributed by atoms with Crippen LogP contribution in [0.1, 0.15) is 56.4 Å². The van der Waals surface area contributed by atoms with E-state index in [1.54, 1.807) is 0 Å². The quantitative estimate of drug-likeness (QED) is 0.306. The number of halogens is 1. The Kier molecular flexibility index (Phi) is 9.75. The molecule has 1 heterocycles. The summed E-state index contributed by atoms with van der Waals surface area (Å²) in [5.41, 5.74) is 5.35. The van der Waals surface area contributed by atoms with Crippen LogP contribution in [0.25, 0.3) is 0 Å².